The lowest BCUT2D eigenvalue weighted by Crippen LogP contribution is -2.54. The first-order valence-corrected chi connectivity index (χ1v) is 8.25. The van der Waals surface area contributed by atoms with Crippen molar-refractivity contribution in [2.45, 2.75) is 6.42 Å². The zero-order valence-electron chi connectivity index (χ0n) is 12.1. The van der Waals surface area contributed by atoms with E-state index < -0.39 is 8.80 Å². The van der Waals surface area contributed by atoms with E-state index in [-0.39, 0.29) is 0 Å². The van der Waals surface area contributed by atoms with Crippen LogP contribution in [0.2, 0.25) is 0 Å². The molecule has 0 saturated carbocycles. The molecule has 0 bridgehead atoms. The fourth-order valence-corrected chi connectivity index (χ4v) is 4.04. The third-order valence-corrected chi connectivity index (χ3v) is 6.02. The third-order valence-electron chi connectivity index (χ3n) is 3.36. The van der Waals surface area contributed by atoms with Gasteiger partial charge in [-0.15, -0.1) is 0 Å². The van der Waals surface area contributed by atoms with Gasteiger partial charge in [0.25, 0.3) is 0 Å². The SMILES string of the molecule is CO[Si](OC)(OC)c1ccc(Cc2ccccc2)cc1. The van der Waals surface area contributed by atoms with Crippen molar-refractivity contribution in [2.75, 3.05) is 21.3 Å². The number of hydrogen-bond donors (Lipinski definition) is 0. The van der Waals surface area contributed by atoms with Gasteiger partial charge in [0.1, 0.15) is 0 Å². The smallest absolute Gasteiger partial charge is 0.373 e. The normalized spacial score (nSPS) is 11.6. The van der Waals surface area contributed by atoms with E-state index in [1.165, 1.54) is 11.1 Å². The van der Waals surface area contributed by atoms with Crippen molar-refractivity contribution in [3.8, 4) is 0 Å². The molecule has 0 amide bonds. The first-order chi connectivity index (χ1) is 9.74. The molecule has 0 aromatic heterocycles. The molecule has 0 fully saturated rings. The lowest BCUT2D eigenvalue weighted by molar-refractivity contribution is 0.140. The molecule has 2 aromatic carbocycles. The van der Waals surface area contributed by atoms with E-state index in [4.69, 9.17) is 13.3 Å². The summed E-state index contributed by atoms with van der Waals surface area (Å²) >= 11 is 0. The second-order valence-electron chi connectivity index (χ2n) is 4.53. The minimum atomic E-state index is -2.71. The van der Waals surface area contributed by atoms with Gasteiger partial charge in [-0.25, -0.2) is 0 Å². The first kappa shape index (κ1) is 14.9. The van der Waals surface area contributed by atoms with Crippen molar-refractivity contribution in [1.29, 1.82) is 0 Å². The van der Waals surface area contributed by atoms with Gasteiger partial charge in [0.05, 0.1) is 0 Å². The molecule has 0 aliphatic carbocycles. The molecule has 2 aromatic rings. The highest BCUT2D eigenvalue weighted by Crippen LogP contribution is 2.11. The highest BCUT2D eigenvalue weighted by atomic mass is 28.4. The minimum absolute atomic E-state index is 0.919. The van der Waals surface area contributed by atoms with E-state index >= 15 is 0 Å². The molecule has 0 aliphatic rings. The monoisotopic (exact) mass is 288 g/mol. The Labute approximate surface area is 121 Å². The molecule has 0 N–H and O–H groups in total. The maximum absolute atomic E-state index is 5.47. The van der Waals surface area contributed by atoms with Crippen LogP contribution in [0.3, 0.4) is 0 Å². The van der Waals surface area contributed by atoms with Gasteiger partial charge >= 0.3 is 8.80 Å². The Morgan fingerprint density at radius 3 is 1.70 bits per heavy atom. The quantitative estimate of drug-likeness (QED) is 0.764. The summed E-state index contributed by atoms with van der Waals surface area (Å²) in [4.78, 5) is 0. The zero-order valence-corrected chi connectivity index (χ0v) is 13.1. The fraction of sp³-hybridized carbons (Fsp3) is 0.250. The fourth-order valence-electron chi connectivity index (χ4n) is 2.26. The largest absolute Gasteiger partial charge is 0.536 e. The summed E-state index contributed by atoms with van der Waals surface area (Å²) in [5, 5.41) is 0.974. The molecule has 20 heavy (non-hydrogen) atoms. The van der Waals surface area contributed by atoms with Crippen molar-refractivity contribution in [1.82, 2.24) is 0 Å². The maximum atomic E-state index is 5.47. The van der Waals surface area contributed by atoms with Crippen LogP contribution < -0.4 is 5.19 Å². The van der Waals surface area contributed by atoms with E-state index in [9.17, 15) is 0 Å². The molecule has 0 spiro atoms. The molecule has 0 atom stereocenters. The molecule has 3 nitrogen and oxygen atoms in total. The van der Waals surface area contributed by atoms with Gasteiger partial charge in [-0.2, -0.15) is 0 Å². The molecule has 0 radical (unpaired) electrons. The molecule has 0 aliphatic heterocycles. The minimum Gasteiger partial charge on any atom is -0.373 e. The topological polar surface area (TPSA) is 27.7 Å². The summed E-state index contributed by atoms with van der Waals surface area (Å²) in [6.07, 6.45) is 0.919. The molecule has 4 heteroatoms. The number of rotatable bonds is 6. The lowest BCUT2D eigenvalue weighted by Gasteiger charge is -2.24. The van der Waals surface area contributed by atoms with Gasteiger partial charge in [0, 0.05) is 26.5 Å². The van der Waals surface area contributed by atoms with Crippen LogP contribution in [0.5, 0.6) is 0 Å². The average Bonchev–Trinajstić information content (AvgIpc) is 2.52. The highest BCUT2D eigenvalue weighted by molar-refractivity contribution is 6.75. The van der Waals surface area contributed by atoms with E-state index in [0.717, 1.165) is 11.6 Å². The summed E-state index contributed by atoms with van der Waals surface area (Å²) < 4.78 is 16.4. The van der Waals surface area contributed by atoms with Crippen LogP contribution in [-0.4, -0.2) is 30.1 Å². The van der Waals surface area contributed by atoms with E-state index in [0.29, 0.717) is 0 Å². The van der Waals surface area contributed by atoms with Crippen molar-refractivity contribution >= 4 is 14.0 Å². The van der Waals surface area contributed by atoms with Crippen LogP contribution in [0.25, 0.3) is 0 Å². The second-order valence-corrected chi connectivity index (χ2v) is 7.44. The second kappa shape index (κ2) is 6.81. The van der Waals surface area contributed by atoms with Crippen LogP contribution in [0.1, 0.15) is 11.1 Å². The van der Waals surface area contributed by atoms with Crippen LogP contribution in [-0.2, 0) is 19.7 Å². The predicted octanol–water partition coefficient (Wildman–Crippen LogP) is 2.36. The van der Waals surface area contributed by atoms with Gasteiger partial charge in [-0.1, -0.05) is 54.6 Å². The predicted molar refractivity (Wildman–Crippen MR) is 82.1 cm³/mol. The van der Waals surface area contributed by atoms with Crippen LogP contribution in [0, 0.1) is 0 Å². The molecule has 0 heterocycles. The third kappa shape index (κ3) is 3.16. The Balaban J connectivity index is 2.18. The van der Waals surface area contributed by atoms with Gasteiger partial charge in [-0.05, 0) is 17.5 Å². The standard InChI is InChI=1S/C16H20O3Si/c1-17-20(18-2,19-3)16-11-9-15(10-12-16)13-14-7-5-4-6-8-14/h4-12H,13H2,1-3H3. The summed E-state index contributed by atoms with van der Waals surface area (Å²) in [5.41, 5.74) is 2.56. The summed E-state index contributed by atoms with van der Waals surface area (Å²) in [6, 6.07) is 18.7. The van der Waals surface area contributed by atoms with Gasteiger partial charge < -0.3 is 13.3 Å². The Hall–Kier alpha value is -1.46. The van der Waals surface area contributed by atoms with E-state index in [1.54, 1.807) is 21.3 Å². The number of benzene rings is 2. The highest BCUT2D eigenvalue weighted by Gasteiger charge is 2.40. The van der Waals surface area contributed by atoms with Gasteiger partial charge in [0.2, 0.25) is 0 Å². The average molecular weight is 288 g/mol. The summed E-state index contributed by atoms with van der Waals surface area (Å²) in [7, 11) is 2.16. The number of hydrogen-bond acceptors (Lipinski definition) is 3. The molecular weight excluding hydrogens is 268 g/mol. The first-order valence-electron chi connectivity index (χ1n) is 6.53. The van der Waals surface area contributed by atoms with Gasteiger partial charge in [-0.3, -0.25) is 0 Å². The molecule has 2 rings (SSSR count). The summed E-state index contributed by atoms with van der Waals surface area (Å²) in [6.45, 7) is 0. The van der Waals surface area contributed by atoms with Crippen LogP contribution in [0.15, 0.2) is 54.6 Å². The van der Waals surface area contributed by atoms with Crippen molar-refractivity contribution in [3.63, 3.8) is 0 Å². The van der Waals surface area contributed by atoms with Crippen LogP contribution >= 0.6 is 0 Å². The Kier molecular flexibility index (Phi) is 5.09. The van der Waals surface area contributed by atoms with Crippen molar-refractivity contribution < 1.29 is 13.3 Å². The van der Waals surface area contributed by atoms with E-state index in [2.05, 4.69) is 36.4 Å². The van der Waals surface area contributed by atoms with E-state index in [1.807, 2.05) is 18.2 Å². The lowest BCUT2D eigenvalue weighted by atomic mass is 10.1. The van der Waals surface area contributed by atoms with Gasteiger partial charge in [0.15, 0.2) is 0 Å². The Morgan fingerprint density at radius 2 is 1.20 bits per heavy atom. The summed E-state index contributed by atoms with van der Waals surface area (Å²) in [5.74, 6) is 0. The maximum Gasteiger partial charge on any atom is 0.536 e. The molecule has 106 valence electrons. The van der Waals surface area contributed by atoms with Crippen molar-refractivity contribution in [3.05, 3.63) is 65.7 Å². The van der Waals surface area contributed by atoms with Crippen molar-refractivity contribution in [2.24, 2.45) is 0 Å². The molecule has 0 saturated heterocycles. The Bertz CT molecular complexity index is 513. The molecule has 0 unspecified atom stereocenters. The molecular formula is C16H20O3Si. The van der Waals surface area contributed by atoms with Crippen LogP contribution in [0.4, 0.5) is 0 Å². The zero-order chi connectivity index (χ0) is 14.4. The Morgan fingerprint density at radius 1 is 0.700 bits per heavy atom.